The van der Waals surface area contributed by atoms with E-state index in [1.807, 2.05) is 0 Å². The lowest BCUT2D eigenvalue weighted by Crippen LogP contribution is -2.47. The van der Waals surface area contributed by atoms with Gasteiger partial charge in [-0.2, -0.15) is 0 Å². The number of nitrogens with zero attached hydrogens (tertiary/aromatic N) is 2. The van der Waals surface area contributed by atoms with Gasteiger partial charge in [0.25, 0.3) is 0 Å². The van der Waals surface area contributed by atoms with Crippen LogP contribution in [0, 0.1) is 0 Å². The van der Waals surface area contributed by atoms with E-state index in [1.54, 1.807) is 0 Å². The van der Waals surface area contributed by atoms with Crippen molar-refractivity contribution in [3.63, 3.8) is 0 Å². The summed E-state index contributed by atoms with van der Waals surface area (Å²) in [4.78, 5) is 5.32. The fourth-order valence-corrected chi connectivity index (χ4v) is 3.60. The summed E-state index contributed by atoms with van der Waals surface area (Å²) in [7, 11) is 0. The molecule has 1 saturated carbocycles. The molecule has 1 unspecified atom stereocenters. The Kier molecular flexibility index (Phi) is 3.92. The van der Waals surface area contributed by atoms with Crippen molar-refractivity contribution in [2.45, 2.75) is 70.1 Å². The SMILES string of the molecule is CC(C)N1CCC(NC2CCN(C3CC3)CC2)C1. The number of nitrogens with one attached hydrogen (secondary N) is 1. The van der Waals surface area contributed by atoms with E-state index in [-0.39, 0.29) is 0 Å². The molecule has 0 aromatic carbocycles. The first-order valence-corrected chi connectivity index (χ1v) is 7.96. The molecule has 0 spiro atoms. The van der Waals surface area contributed by atoms with Gasteiger partial charge in [0.1, 0.15) is 0 Å². The number of hydrogen-bond acceptors (Lipinski definition) is 3. The van der Waals surface area contributed by atoms with Crippen molar-refractivity contribution in [3.05, 3.63) is 0 Å². The van der Waals surface area contributed by atoms with Crippen molar-refractivity contribution < 1.29 is 0 Å². The molecule has 0 aromatic heterocycles. The highest BCUT2D eigenvalue weighted by Crippen LogP contribution is 2.29. The van der Waals surface area contributed by atoms with Crippen LogP contribution in [0.3, 0.4) is 0 Å². The van der Waals surface area contributed by atoms with E-state index in [2.05, 4.69) is 29.0 Å². The van der Waals surface area contributed by atoms with Crippen LogP contribution in [0.5, 0.6) is 0 Å². The molecule has 2 saturated heterocycles. The molecule has 2 aliphatic heterocycles. The average Bonchev–Trinajstić information content (AvgIpc) is 3.10. The summed E-state index contributed by atoms with van der Waals surface area (Å²) in [6.07, 6.45) is 7.01. The summed E-state index contributed by atoms with van der Waals surface area (Å²) >= 11 is 0. The lowest BCUT2D eigenvalue weighted by molar-refractivity contribution is 0.181. The molecule has 0 bridgehead atoms. The normalized spacial score (nSPS) is 32.5. The minimum absolute atomic E-state index is 0.716. The number of hydrogen-bond donors (Lipinski definition) is 1. The third kappa shape index (κ3) is 3.06. The van der Waals surface area contributed by atoms with E-state index in [1.165, 1.54) is 58.3 Å². The molecular formula is C15H29N3. The fraction of sp³-hybridized carbons (Fsp3) is 1.00. The Labute approximate surface area is 112 Å². The lowest BCUT2D eigenvalue weighted by atomic mass is 10.0. The van der Waals surface area contributed by atoms with Gasteiger partial charge in [-0.15, -0.1) is 0 Å². The Morgan fingerprint density at radius 1 is 0.889 bits per heavy atom. The summed E-state index contributed by atoms with van der Waals surface area (Å²) in [6, 6.07) is 3.23. The second-order valence-electron chi connectivity index (χ2n) is 6.78. The zero-order valence-corrected chi connectivity index (χ0v) is 12.1. The van der Waals surface area contributed by atoms with Crippen molar-refractivity contribution in [1.29, 1.82) is 0 Å². The quantitative estimate of drug-likeness (QED) is 0.820. The molecule has 0 radical (unpaired) electrons. The fourth-order valence-electron chi connectivity index (χ4n) is 3.60. The van der Waals surface area contributed by atoms with E-state index in [4.69, 9.17) is 0 Å². The average molecular weight is 251 g/mol. The monoisotopic (exact) mass is 251 g/mol. The minimum atomic E-state index is 0.716. The maximum atomic E-state index is 3.91. The van der Waals surface area contributed by atoms with E-state index in [0.29, 0.717) is 6.04 Å². The summed E-state index contributed by atoms with van der Waals surface area (Å²) < 4.78 is 0. The standard InChI is InChI=1S/C15H29N3/c1-12(2)18-10-7-14(11-18)16-13-5-8-17(9-6-13)15-3-4-15/h12-16H,3-11H2,1-2H3. The molecule has 3 nitrogen and oxygen atoms in total. The Hall–Kier alpha value is -0.120. The van der Waals surface area contributed by atoms with Gasteiger partial charge in [0.05, 0.1) is 0 Å². The zero-order chi connectivity index (χ0) is 12.5. The topological polar surface area (TPSA) is 18.5 Å². The van der Waals surface area contributed by atoms with Gasteiger partial charge < -0.3 is 10.2 Å². The van der Waals surface area contributed by atoms with Crippen molar-refractivity contribution in [3.8, 4) is 0 Å². The lowest BCUT2D eigenvalue weighted by Gasteiger charge is -2.34. The highest BCUT2D eigenvalue weighted by Gasteiger charge is 2.33. The Balaban J connectivity index is 1.39. The summed E-state index contributed by atoms with van der Waals surface area (Å²) in [5.74, 6) is 0. The maximum absolute atomic E-state index is 3.91. The summed E-state index contributed by atoms with van der Waals surface area (Å²) in [5, 5.41) is 3.91. The van der Waals surface area contributed by atoms with Crippen molar-refractivity contribution >= 4 is 0 Å². The van der Waals surface area contributed by atoms with E-state index < -0.39 is 0 Å². The molecule has 104 valence electrons. The van der Waals surface area contributed by atoms with Crippen molar-refractivity contribution in [1.82, 2.24) is 15.1 Å². The second kappa shape index (κ2) is 5.48. The number of rotatable bonds is 4. The van der Waals surface area contributed by atoms with Gasteiger partial charge in [0.2, 0.25) is 0 Å². The van der Waals surface area contributed by atoms with Gasteiger partial charge >= 0.3 is 0 Å². The Morgan fingerprint density at radius 3 is 2.11 bits per heavy atom. The predicted octanol–water partition coefficient (Wildman–Crippen LogP) is 1.69. The number of likely N-dealkylation sites (tertiary alicyclic amines) is 2. The molecule has 3 fully saturated rings. The molecule has 3 rings (SSSR count). The van der Waals surface area contributed by atoms with E-state index in [0.717, 1.165) is 18.1 Å². The predicted molar refractivity (Wildman–Crippen MR) is 75.9 cm³/mol. The van der Waals surface area contributed by atoms with E-state index in [9.17, 15) is 0 Å². The van der Waals surface area contributed by atoms with Crippen LogP contribution in [0.15, 0.2) is 0 Å². The smallest absolute Gasteiger partial charge is 0.0209 e. The molecule has 0 aromatic rings. The summed E-state index contributed by atoms with van der Waals surface area (Å²) in [6.45, 7) is 9.86. The van der Waals surface area contributed by atoms with Crippen LogP contribution < -0.4 is 5.32 Å². The molecule has 0 amide bonds. The summed E-state index contributed by atoms with van der Waals surface area (Å²) in [5.41, 5.74) is 0. The van der Waals surface area contributed by atoms with Crippen molar-refractivity contribution in [2.75, 3.05) is 26.2 Å². The third-order valence-corrected chi connectivity index (χ3v) is 5.01. The third-order valence-electron chi connectivity index (χ3n) is 5.01. The highest BCUT2D eigenvalue weighted by atomic mass is 15.2. The first kappa shape index (κ1) is 12.9. The molecule has 1 N–H and O–H groups in total. The van der Waals surface area contributed by atoms with Gasteiger partial charge in [-0.1, -0.05) is 0 Å². The highest BCUT2D eigenvalue weighted by molar-refractivity contribution is 4.91. The largest absolute Gasteiger partial charge is 0.310 e. The Morgan fingerprint density at radius 2 is 1.56 bits per heavy atom. The van der Waals surface area contributed by atoms with Gasteiger partial charge in [-0.3, -0.25) is 4.90 Å². The molecule has 3 aliphatic rings. The van der Waals surface area contributed by atoms with E-state index >= 15 is 0 Å². The van der Waals surface area contributed by atoms with Gasteiger partial charge in [0, 0.05) is 30.7 Å². The first-order valence-electron chi connectivity index (χ1n) is 7.96. The number of piperidine rings is 1. The molecule has 1 atom stereocenters. The Bertz CT molecular complexity index is 267. The van der Waals surface area contributed by atoms with Crippen LogP contribution in [-0.4, -0.2) is 60.1 Å². The molecule has 18 heavy (non-hydrogen) atoms. The van der Waals surface area contributed by atoms with Crippen LogP contribution in [-0.2, 0) is 0 Å². The molecule has 1 aliphatic carbocycles. The van der Waals surface area contributed by atoms with Crippen LogP contribution in [0.25, 0.3) is 0 Å². The van der Waals surface area contributed by atoms with Crippen LogP contribution >= 0.6 is 0 Å². The van der Waals surface area contributed by atoms with Gasteiger partial charge in [-0.25, -0.2) is 0 Å². The first-order chi connectivity index (χ1) is 8.72. The van der Waals surface area contributed by atoms with Crippen LogP contribution in [0.4, 0.5) is 0 Å². The minimum Gasteiger partial charge on any atom is -0.310 e. The second-order valence-corrected chi connectivity index (χ2v) is 6.78. The maximum Gasteiger partial charge on any atom is 0.0209 e. The molecular weight excluding hydrogens is 222 g/mol. The van der Waals surface area contributed by atoms with Crippen LogP contribution in [0.2, 0.25) is 0 Å². The zero-order valence-electron chi connectivity index (χ0n) is 12.1. The molecule has 2 heterocycles. The molecule has 3 heteroatoms. The van der Waals surface area contributed by atoms with Crippen molar-refractivity contribution in [2.24, 2.45) is 0 Å². The van der Waals surface area contributed by atoms with Gasteiger partial charge in [-0.05, 0) is 65.6 Å². The van der Waals surface area contributed by atoms with Gasteiger partial charge in [0.15, 0.2) is 0 Å². The van der Waals surface area contributed by atoms with Crippen LogP contribution in [0.1, 0.15) is 46.0 Å².